The van der Waals surface area contributed by atoms with E-state index in [-0.39, 0.29) is 0 Å². The molecule has 1 aromatic rings. The number of guanidine groups is 1. The highest BCUT2D eigenvalue weighted by Gasteiger charge is 2.21. The Morgan fingerprint density at radius 1 is 1.38 bits per heavy atom. The quantitative estimate of drug-likeness (QED) is 0.306. The Hall–Kier alpha value is -1.55. The van der Waals surface area contributed by atoms with E-state index in [0.717, 1.165) is 5.69 Å². The van der Waals surface area contributed by atoms with Gasteiger partial charge in [-0.1, -0.05) is 12.1 Å². The molecule has 0 saturated heterocycles. The molecule has 0 aromatic heterocycles. The summed E-state index contributed by atoms with van der Waals surface area (Å²) >= 11 is 0. The molecule has 4 heteroatoms. The van der Waals surface area contributed by atoms with Gasteiger partial charge in [-0.2, -0.15) is 0 Å². The van der Waals surface area contributed by atoms with Crippen LogP contribution in [-0.2, 0) is 0 Å². The number of rotatable bonds is 2. The van der Waals surface area contributed by atoms with Gasteiger partial charge >= 0.3 is 0 Å². The topological polar surface area (TPSA) is 62.4 Å². The number of hydrazine groups is 1. The minimum Gasteiger partial charge on any atom is -0.325 e. The molecular weight excluding hydrogens is 200 g/mol. The van der Waals surface area contributed by atoms with Crippen molar-refractivity contribution in [1.82, 2.24) is 5.43 Å². The van der Waals surface area contributed by atoms with Crippen molar-refractivity contribution in [3.05, 3.63) is 29.3 Å². The van der Waals surface area contributed by atoms with Crippen LogP contribution in [0.25, 0.3) is 0 Å². The molecule has 0 bridgehead atoms. The van der Waals surface area contributed by atoms with Crippen LogP contribution in [0.1, 0.15) is 24.0 Å². The SMILES string of the molecule is Cc1cccc(NC(=NC2CC2)NN)c1C. The highest BCUT2D eigenvalue weighted by atomic mass is 15.3. The first-order valence-electron chi connectivity index (χ1n) is 5.58. The first-order valence-corrected chi connectivity index (χ1v) is 5.58. The molecule has 16 heavy (non-hydrogen) atoms. The second-order valence-corrected chi connectivity index (χ2v) is 4.23. The number of hydrogen-bond donors (Lipinski definition) is 3. The van der Waals surface area contributed by atoms with Crippen molar-refractivity contribution in [1.29, 1.82) is 0 Å². The molecule has 0 heterocycles. The highest BCUT2D eigenvalue weighted by Crippen LogP contribution is 2.24. The fraction of sp³-hybridized carbons (Fsp3) is 0.417. The summed E-state index contributed by atoms with van der Waals surface area (Å²) in [4.78, 5) is 4.44. The Kier molecular flexibility index (Phi) is 3.10. The zero-order valence-corrected chi connectivity index (χ0v) is 9.75. The summed E-state index contributed by atoms with van der Waals surface area (Å²) in [5, 5.41) is 3.22. The van der Waals surface area contributed by atoms with Gasteiger partial charge in [-0.15, -0.1) is 0 Å². The van der Waals surface area contributed by atoms with Crippen LogP contribution < -0.4 is 16.6 Å². The van der Waals surface area contributed by atoms with Crippen LogP contribution in [0.3, 0.4) is 0 Å². The van der Waals surface area contributed by atoms with E-state index >= 15 is 0 Å². The lowest BCUT2D eigenvalue weighted by Crippen LogP contribution is -2.36. The monoisotopic (exact) mass is 218 g/mol. The molecule has 2 rings (SSSR count). The lowest BCUT2D eigenvalue weighted by molar-refractivity contribution is 0.965. The van der Waals surface area contributed by atoms with E-state index in [1.165, 1.54) is 24.0 Å². The molecule has 0 spiro atoms. The van der Waals surface area contributed by atoms with E-state index < -0.39 is 0 Å². The van der Waals surface area contributed by atoms with E-state index in [9.17, 15) is 0 Å². The molecule has 1 fully saturated rings. The minimum absolute atomic E-state index is 0.448. The molecule has 0 amide bonds. The summed E-state index contributed by atoms with van der Waals surface area (Å²) in [6.07, 6.45) is 2.33. The number of benzene rings is 1. The van der Waals surface area contributed by atoms with Crippen molar-refractivity contribution in [2.45, 2.75) is 32.7 Å². The van der Waals surface area contributed by atoms with Crippen LogP contribution in [0.15, 0.2) is 23.2 Å². The molecular formula is C12H18N4. The Morgan fingerprint density at radius 3 is 2.75 bits per heavy atom. The second-order valence-electron chi connectivity index (χ2n) is 4.23. The van der Waals surface area contributed by atoms with E-state index in [1.807, 2.05) is 12.1 Å². The molecule has 4 N–H and O–H groups in total. The normalized spacial score (nSPS) is 16.1. The van der Waals surface area contributed by atoms with Crippen molar-refractivity contribution in [2.75, 3.05) is 5.32 Å². The molecule has 1 aliphatic carbocycles. The van der Waals surface area contributed by atoms with Crippen LogP contribution in [0.2, 0.25) is 0 Å². The molecule has 1 saturated carbocycles. The molecule has 1 aliphatic rings. The van der Waals surface area contributed by atoms with Gasteiger partial charge in [-0.05, 0) is 43.9 Å². The molecule has 0 unspecified atom stereocenters. The van der Waals surface area contributed by atoms with E-state index in [4.69, 9.17) is 5.84 Å². The van der Waals surface area contributed by atoms with Crippen LogP contribution >= 0.6 is 0 Å². The van der Waals surface area contributed by atoms with Crippen LogP contribution in [-0.4, -0.2) is 12.0 Å². The minimum atomic E-state index is 0.448. The number of anilines is 1. The first kappa shape index (κ1) is 11.0. The van der Waals surface area contributed by atoms with Crippen molar-refractivity contribution in [3.63, 3.8) is 0 Å². The number of aryl methyl sites for hydroxylation is 1. The summed E-state index contributed by atoms with van der Waals surface area (Å²) in [6, 6.07) is 6.59. The van der Waals surface area contributed by atoms with Gasteiger partial charge in [0.25, 0.3) is 0 Å². The van der Waals surface area contributed by atoms with Crippen LogP contribution in [0.4, 0.5) is 5.69 Å². The Labute approximate surface area is 95.9 Å². The lowest BCUT2D eigenvalue weighted by atomic mass is 10.1. The van der Waals surface area contributed by atoms with Crippen molar-refractivity contribution < 1.29 is 0 Å². The third-order valence-corrected chi connectivity index (χ3v) is 2.85. The Balaban J connectivity index is 2.15. The zero-order chi connectivity index (χ0) is 11.5. The summed E-state index contributed by atoms with van der Waals surface area (Å²) in [5.74, 6) is 6.09. The largest absolute Gasteiger partial charge is 0.325 e. The lowest BCUT2D eigenvalue weighted by Gasteiger charge is -2.12. The van der Waals surface area contributed by atoms with Gasteiger partial charge in [-0.3, -0.25) is 5.43 Å². The smallest absolute Gasteiger partial charge is 0.210 e. The highest BCUT2D eigenvalue weighted by molar-refractivity contribution is 5.94. The maximum absolute atomic E-state index is 5.44. The fourth-order valence-electron chi connectivity index (χ4n) is 1.51. The van der Waals surface area contributed by atoms with Gasteiger partial charge < -0.3 is 5.32 Å². The maximum atomic E-state index is 5.44. The van der Waals surface area contributed by atoms with Crippen molar-refractivity contribution in [2.24, 2.45) is 10.8 Å². The van der Waals surface area contributed by atoms with Crippen LogP contribution in [0, 0.1) is 13.8 Å². The third-order valence-electron chi connectivity index (χ3n) is 2.85. The fourth-order valence-corrected chi connectivity index (χ4v) is 1.51. The number of nitrogens with one attached hydrogen (secondary N) is 2. The van der Waals surface area contributed by atoms with E-state index in [1.54, 1.807) is 0 Å². The summed E-state index contributed by atoms with van der Waals surface area (Å²) in [7, 11) is 0. The molecule has 0 aliphatic heterocycles. The van der Waals surface area contributed by atoms with E-state index in [2.05, 4.69) is 35.6 Å². The summed E-state index contributed by atoms with van der Waals surface area (Å²) in [6.45, 7) is 4.18. The molecule has 4 nitrogen and oxygen atoms in total. The van der Waals surface area contributed by atoms with Gasteiger partial charge in [0.1, 0.15) is 0 Å². The van der Waals surface area contributed by atoms with Gasteiger partial charge in [-0.25, -0.2) is 10.8 Å². The predicted octanol–water partition coefficient (Wildman–Crippen LogP) is 1.70. The predicted molar refractivity (Wildman–Crippen MR) is 67.3 cm³/mol. The number of aliphatic imine (C=N–C) groups is 1. The molecule has 0 atom stereocenters. The van der Waals surface area contributed by atoms with Crippen molar-refractivity contribution >= 4 is 11.6 Å². The Morgan fingerprint density at radius 2 is 2.12 bits per heavy atom. The zero-order valence-electron chi connectivity index (χ0n) is 9.75. The average Bonchev–Trinajstić information content (AvgIpc) is 3.07. The van der Waals surface area contributed by atoms with Gasteiger partial charge in [0, 0.05) is 5.69 Å². The van der Waals surface area contributed by atoms with Gasteiger partial charge in [0.05, 0.1) is 6.04 Å². The first-order chi connectivity index (χ1) is 7.70. The second kappa shape index (κ2) is 4.53. The van der Waals surface area contributed by atoms with E-state index in [0.29, 0.717) is 12.0 Å². The number of hydrogen-bond acceptors (Lipinski definition) is 2. The third kappa shape index (κ3) is 2.52. The van der Waals surface area contributed by atoms with Crippen molar-refractivity contribution in [3.8, 4) is 0 Å². The Bertz CT molecular complexity index is 407. The molecule has 86 valence electrons. The number of nitrogens with two attached hydrogens (primary N) is 1. The summed E-state index contributed by atoms with van der Waals surface area (Å²) < 4.78 is 0. The molecule has 1 aromatic carbocycles. The molecule has 0 radical (unpaired) electrons. The van der Waals surface area contributed by atoms with Gasteiger partial charge in [0.15, 0.2) is 0 Å². The standard InChI is InChI=1S/C12H18N4/c1-8-4-3-5-11(9(8)2)15-12(16-13)14-10-6-7-10/h3-5,10H,6-7,13H2,1-2H3,(H2,14,15,16). The van der Waals surface area contributed by atoms with Crippen LogP contribution in [0.5, 0.6) is 0 Å². The summed E-state index contributed by atoms with van der Waals surface area (Å²) in [5.41, 5.74) is 6.14. The average molecular weight is 218 g/mol. The van der Waals surface area contributed by atoms with Gasteiger partial charge in [0.2, 0.25) is 5.96 Å². The maximum Gasteiger partial charge on any atom is 0.210 e. The number of nitrogens with zero attached hydrogens (tertiary/aromatic N) is 1.